The first kappa shape index (κ1) is 16.3. The molecule has 1 aromatic rings. The van der Waals surface area contributed by atoms with E-state index in [1.807, 2.05) is 24.3 Å². The van der Waals surface area contributed by atoms with Crippen LogP contribution < -0.4 is 10.5 Å². The highest BCUT2D eigenvalue weighted by Gasteiger charge is 2.20. The molecular formula is C17H29N3O. The van der Waals surface area contributed by atoms with Gasteiger partial charge < -0.3 is 20.3 Å². The fourth-order valence-electron chi connectivity index (χ4n) is 2.99. The molecule has 1 aliphatic heterocycles. The molecule has 118 valence electrons. The van der Waals surface area contributed by atoms with Crippen LogP contribution in [0.4, 0.5) is 0 Å². The van der Waals surface area contributed by atoms with Crippen LogP contribution in [0.2, 0.25) is 0 Å². The molecule has 0 spiro atoms. The summed E-state index contributed by atoms with van der Waals surface area (Å²) in [6, 6.07) is 8.72. The molecule has 2 N–H and O–H groups in total. The lowest BCUT2D eigenvalue weighted by Gasteiger charge is -2.35. The van der Waals surface area contributed by atoms with Gasteiger partial charge in [0.15, 0.2) is 0 Å². The average molecular weight is 291 g/mol. The molecule has 1 saturated heterocycles. The molecule has 1 fully saturated rings. The molecule has 1 aromatic carbocycles. The van der Waals surface area contributed by atoms with Gasteiger partial charge in [0.05, 0.1) is 6.61 Å². The van der Waals surface area contributed by atoms with Crippen LogP contribution >= 0.6 is 0 Å². The monoisotopic (exact) mass is 291 g/mol. The van der Waals surface area contributed by atoms with Gasteiger partial charge in [0.25, 0.3) is 0 Å². The van der Waals surface area contributed by atoms with E-state index in [1.54, 1.807) is 0 Å². The normalized spacial score (nSPS) is 19.9. The summed E-state index contributed by atoms with van der Waals surface area (Å²) in [4.78, 5) is 4.91. The third-order valence-electron chi connectivity index (χ3n) is 4.33. The molecule has 4 nitrogen and oxygen atoms in total. The number of nitrogens with two attached hydrogens (primary N) is 1. The first-order chi connectivity index (χ1) is 10.2. The van der Waals surface area contributed by atoms with E-state index in [0.29, 0.717) is 12.6 Å². The van der Waals surface area contributed by atoms with Crippen LogP contribution in [-0.4, -0.2) is 56.2 Å². The van der Waals surface area contributed by atoms with Crippen LogP contribution in [-0.2, 0) is 6.54 Å². The van der Waals surface area contributed by atoms with Crippen LogP contribution in [0.1, 0.15) is 24.8 Å². The number of hydrogen-bond donors (Lipinski definition) is 1. The summed E-state index contributed by atoms with van der Waals surface area (Å²) in [5.41, 5.74) is 6.80. The van der Waals surface area contributed by atoms with Gasteiger partial charge in [-0.05, 0) is 46.0 Å². The smallest absolute Gasteiger partial charge is 0.123 e. The number of benzene rings is 1. The highest BCUT2D eigenvalue weighted by molar-refractivity contribution is 5.32. The Balaban J connectivity index is 1.69. The third-order valence-corrected chi connectivity index (χ3v) is 4.33. The van der Waals surface area contributed by atoms with Crippen molar-refractivity contribution in [3.8, 4) is 5.75 Å². The summed E-state index contributed by atoms with van der Waals surface area (Å²) in [7, 11) is 4.45. The van der Waals surface area contributed by atoms with Crippen molar-refractivity contribution in [2.75, 3.05) is 40.3 Å². The lowest BCUT2D eigenvalue weighted by molar-refractivity contribution is 0.128. The van der Waals surface area contributed by atoms with Gasteiger partial charge in [-0.25, -0.2) is 0 Å². The van der Waals surface area contributed by atoms with Gasteiger partial charge in [0.2, 0.25) is 0 Å². The second kappa shape index (κ2) is 8.37. The Morgan fingerprint density at radius 3 is 2.95 bits per heavy atom. The van der Waals surface area contributed by atoms with Crippen molar-refractivity contribution in [2.24, 2.45) is 5.73 Å². The molecule has 0 amide bonds. The summed E-state index contributed by atoms with van der Waals surface area (Å²) in [5, 5.41) is 0. The van der Waals surface area contributed by atoms with E-state index >= 15 is 0 Å². The fraction of sp³-hybridized carbons (Fsp3) is 0.647. The maximum absolute atomic E-state index is 5.87. The predicted octanol–water partition coefficient (Wildman–Crippen LogP) is 1.94. The molecule has 21 heavy (non-hydrogen) atoms. The van der Waals surface area contributed by atoms with Gasteiger partial charge in [0, 0.05) is 31.2 Å². The molecule has 0 aliphatic carbocycles. The van der Waals surface area contributed by atoms with Crippen molar-refractivity contribution >= 4 is 0 Å². The average Bonchev–Trinajstić information content (AvgIpc) is 2.51. The number of nitrogens with zero attached hydrogens (tertiary/aromatic N) is 2. The molecule has 0 aromatic heterocycles. The molecule has 1 heterocycles. The zero-order chi connectivity index (χ0) is 15.1. The minimum Gasteiger partial charge on any atom is -0.493 e. The van der Waals surface area contributed by atoms with E-state index in [4.69, 9.17) is 10.5 Å². The van der Waals surface area contributed by atoms with Crippen molar-refractivity contribution in [3.63, 3.8) is 0 Å². The highest BCUT2D eigenvalue weighted by Crippen LogP contribution is 2.17. The first-order valence-corrected chi connectivity index (χ1v) is 8.00. The van der Waals surface area contributed by atoms with Gasteiger partial charge in [-0.2, -0.15) is 0 Å². The Hall–Kier alpha value is -1.10. The Bertz CT molecular complexity index is 424. The van der Waals surface area contributed by atoms with Gasteiger partial charge >= 0.3 is 0 Å². The Kier molecular flexibility index (Phi) is 6.49. The van der Waals surface area contributed by atoms with Crippen molar-refractivity contribution in [2.45, 2.75) is 31.8 Å². The maximum Gasteiger partial charge on any atom is 0.123 e. The second-order valence-corrected chi connectivity index (χ2v) is 6.05. The lowest BCUT2D eigenvalue weighted by atomic mass is 10.1. The minimum atomic E-state index is 0.532. The Morgan fingerprint density at radius 2 is 2.19 bits per heavy atom. The number of likely N-dealkylation sites (tertiary alicyclic amines) is 1. The standard InChI is InChI=1S/C17H29N3O/c1-19-10-5-8-16(14-19)20(2)11-6-12-21-17-9-4-3-7-15(17)13-18/h3-4,7,9,16H,5-6,8,10-14,18H2,1-2H3. The fourth-order valence-corrected chi connectivity index (χ4v) is 2.99. The lowest BCUT2D eigenvalue weighted by Crippen LogP contribution is -2.45. The molecule has 4 heteroatoms. The van der Waals surface area contributed by atoms with Gasteiger partial charge in [-0.3, -0.25) is 0 Å². The van der Waals surface area contributed by atoms with E-state index in [0.717, 1.165) is 30.9 Å². The quantitative estimate of drug-likeness (QED) is 0.780. The summed E-state index contributed by atoms with van der Waals surface area (Å²) in [6.07, 6.45) is 3.68. The molecule has 2 rings (SSSR count). The number of likely N-dealkylation sites (N-methyl/N-ethyl adjacent to an activating group) is 2. The SMILES string of the molecule is CN1CCCC(N(C)CCCOc2ccccc2CN)C1. The van der Waals surface area contributed by atoms with Crippen molar-refractivity contribution in [1.29, 1.82) is 0 Å². The number of para-hydroxylation sites is 1. The summed E-state index contributed by atoms with van der Waals surface area (Å²) in [6.45, 7) is 4.80. The number of rotatable bonds is 7. The van der Waals surface area contributed by atoms with Crippen LogP contribution in [0, 0.1) is 0 Å². The molecular weight excluding hydrogens is 262 g/mol. The topological polar surface area (TPSA) is 41.7 Å². The minimum absolute atomic E-state index is 0.532. The van der Waals surface area contributed by atoms with Crippen molar-refractivity contribution in [3.05, 3.63) is 29.8 Å². The summed E-state index contributed by atoms with van der Waals surface area (Å²) < 4.78 is 5.87. The molecule has 0 saturated carbocycles. The van der Waals surface area contributed by atoms with E-state index in [9.17, 15) is 0 Å². The number of piperidine rings is 1. The Labute approximate surface area is 128 Å². The number of hydrogen-bond acceptors (Lipinski definition) is 4. The first-order valence-electron chi connectivity index (χ1n) is 8.00. The van der Waals surface area contributed by atoms with Gasteiger partial charge in [-0.1, -0.05) is 18.2 Å². The molecule has 1 aliphatic rings. The highest BCUT2D eigenvalue weighted by atomic mass is 16.5. The van der Waals surface area contributed by atoms with Gasteiger partial charge in [0.1, 0.15) is 5.75 Å². The van der Waals surface area contributed by atoms with Crippen LogP contribution in [0.5, 0.6) is 5.75 Å². The summed E-state index contributed by atoms with van der Waals surface area (Å²) in [5.74, 6) is 0.931. The second-order valence-electron chi connectivity index (χ2n) is 6.05. The van der Waals surface area contributed by atoms with E-state index < -0.39 is 0 Å². The zero-order valence-electron chi connectivity index (χ0n) is 13.4. The largest absolute Gasteiger partial charge is 0.493 e. The molecule has 0 bridgehead atoms. The van der Waals surface area contributed by atoms with E-state index in [2.05, 4.69) is 23.9 Å². The van der Waals surface area contributed by atoms with Gasteiger partial charge in [-0.15, -0.1) is 0 Å². The van der Waals surface area contributed by atoms with Crippen LogP contribution in [0.15, 0.2) is 24.3 Å². The Morgan fingerprint density at radius 1 is 1.38 bits per heavy atom. The maximum atomic E-state index is 5.87. The van der Waals surface area contributed by atoms with E-state index in [1.165, 1.54) is 25.9 Å². The molecule has 1 unspecified atom stereocenters. The predicted molar refractivity (Wildman–Crippen MR) is 87.6 cm³/mol. The van der Waals surface area contributed by atoms with Crippen LogP contribution in [0.3, 0.4) is 0 Å². The molecule has 1 atom stereocenters. The zero-order valence-corrected chi connectivity index (χ0v) is 13.4. The molecule has 0 radical (unpaired) electrons. The third kappa shape index (κ3) is 4.99. The summed E-state index contributed by atoms with van der Waals surface area (Å²) >= 11 is 0. The number of ether oxygens (including phenoxy) is 1. The van der Waals surface area contributed by atoms with Crippen molar-refractivity contribution < 1.29 is 4.74 Å². The van der Waals surface area contributed by atoms with Crippen LogP contribution in [0.25, 0.3) is 0 Å². The van der Waals surface area contributed by atoms with E-state index in [-0.39, 0.29) is 0 Å². The van der Waals surface area contributed by atoms with Crippen molar-refractivity contribution in [1.82, 2.24) is 9.80 Å².